The molecule has 0 radical (unpaired) electrons. The average molecular weight is 283 g/mol. The van der Waals surface area contributed by atoms with Crippen molar-refractivity contribution in [3.8, 4) is 6.07 Å². The van der Waals surface area contributed by atoms with Crippen LogP contribution in [0.4, 0.5) is 4.39 Å². The Balaban J connectivity index is 2.27. The van der Waals surface area contributed by atoms with Gasteiger partial charge in [-0.05, 0) is 24.5 Å². The molecule has 0 aliphatic carbocycles. The van der Waals surface area contributed by atoms with Gasteiger partial charge in [0.1, 0.15) is 11.9 Å². The van der Waals surface area contributed by atoms with E-state index in [2.05, 4.69) is 10.2 Å². The second-order valence-corrected chi connectivity index (χ2v) is 6.21. The van der Waals surface area contributed by atoms with E-state index in [4.69, 9.17) is 5.26 Å². The van der Waals surface area contributed by atoms with Gasteiger partial charge in [0.05, 0.1) is 5.56 Å². The molecule has 0 amide bonds. The molecule has 0 saturated heterocycles. The van der Waals surface area contributed by atoms with E-state index in [9.17, 15) is 4.39 Å². The lowest BCUT2D eigenvalue weighted by molar-refractivity contribution is 0.626. The third kappa shape index (κ3) is 2.97. The van der Waals surface area contributed by atoms with Gasteiger partial charge in [0.2, 0.25) is 0 Å². The molecule has 0 fully saturated rings. The van der Waals surface area contributed by atoms with Gasteiger partial charge in [-0.3, -0.25) is 0 Å². The molecule has 0 spiro atoms. The number of halogens is 1. The summed E-state index contributed by atoms with van der Waals surface area (Å²) in [4.78, 5) is 0.692. The molecule has 0 unspecified atom stereocenters. The van der Waals surface area contributed by atoms with Crippen molar-refractivity contribution in [1.82, 2.24) is 10.2 Å². The summed E-state index contributed by atoms with van der Waals surface area (Å²) in [6.45, 7) is 0. The largest absolute Gasteiger partial charge is 0.207 e. The van der Waals surface area contributed by atoms with Gasteiger partial charge in [-0.15, -0.1) is 10.2 Å². The molecule has 86 valence electrons. The van der Waals surface area contributed by atoms with E-state index in [0.29, 0.717) is 10.5 Å². The molecule has 0 atom stereocenters. The fourth-order valence-electron chi connectivity index (χ4n) is 1.09. The van der Waals surface area contributed by atoms with Gasteiger partial charge in [-0.1, -0.05) is 34.9 Å². The number of hydrogen-bond donors (Lipinski definition) is 0. The molecule has 0 aliphatic heterocycles. The Morgan fingerprint density at radius 3 is 2.76 bits per heavy atom. The minimum absolute atomic E-state index is 0.316. The summed E-state index contributed by atoms with van der Waals surface area (Å²) in [5.74, 6) is -0.409. The summed E-state index contributed by atoms with van der Waals surface area (Å²) < 4.78 is 14.6. The average Bonchev–Trinajstić information content (AvgIpc) is 2.79. The van der Waals surface area contributed by atoms with Crippen LogP contribution in [0, 0.1) is 17.1 Å². The van der Waals surface area contributed by atoms with Crippen molar-refractivity contribution in [1.29, 1.82) is 5.26 Å². The first-order valence-corrected chi connectivity index (χ1v) is 7.33. The fourth-order valence-corrected chi connectivity index (χ4v) is 3.55. The molecule has 1 aromatic heterocycles. The van der Waals surface area contributed by atoms with Gasteiger partial charge in [0, 0.05) is 4.90 Å². The van der Waals surface area contributed by atoms with E-state index in [0.717, 1.165) is 8.68 Å². The Kier molecular flexibility index (Phi) is 3.99. The summed E-state index contributed by atoms with van der Waals surface area (Å²) in [5, 5.41) is 16.9. The molecule has 1 heterocycles. The van der Waals surface area contributed by atoms with Crippen LogP contribution >= 0.6 is 34.9 Å². The first kappa shape index (κ1) is 12.4. The number of hydrogen-bond acceptors (Lipinski definition) is 6. The Morgan fingerprint density at radius 2 is 2.12 bits per heavy atom. The van der Waals surface area contributed by atoms with Crippen LogP contribution in [0.25, 0.3) is 0 Å². The third-order valence-corrected chi connectivity index (χ3v) is 4.85. The molecular formula is C10H6FN3S3. The van der Waals surface area contributed by atoms with Gasteiger partial charge < -0.3 is 0 Å². The van der Waals surface area contributed by atoms with Gasteiger partial charge in [0.15, 0.2) is 8.68 Å². The molecule has 0 aliphatic rings. The Bertz CT molecular complexity index is 576. The molecule has 1 aromatic carbocycles. The summed E-state index contributed by atoms with van der Waals surface area (Å²) >= 11 is 4.30. The number of nitriles is 1. The SMILES string of the molecule is CSc1nnc(Sc2ccc(F)cc2C#N)s1. The lowest BCUT2D eigenvalue weighted by Crippen LogP contribution is -1.83. The number of aromatic nitrogens is 2. The Labute approximate surface area is 110 Å². The molecule has 3 nitrogen and oxygen atoms in total. The van der Waals surface area contributed by atoms with E-state index in [-0.39, 0.29) is 0 Å². The minimum Gasteiger partial charge on any atom is -0.207 e. The normalized spacial score (nSPS) is 10.2. The van der Waals surface area contributed by atoms with Crippen molar-refractivity contribution in [2.24, 2.45) is 0 Å². The minimum atomic E-state index is -0.409. The summed E-state index contributed by atoms with van der Waals surface area (Å²) in [6, 6.07) is 6.10. The van der Waals surface area contributed by atoms with E-state index in [1.807, 2.05) is 12.3 Å². The molecule has 2 aromatic rings. The van der Waals surface area contributed by atoms with Gasteiger partial charge >= 0.3 is 0 Å². The van der Waals surface area contributed by atoms with Gasteiger partial charge in [-0.2, -0.15) is 5.26 Å². The van der Waals surface area contributed by atoms with Crippen LogP contribution in [0.5, 0.6) is 0 Å². The summed E-state index contributed by atoms with van der Waals surface area (Å²) in [7, 11) is 0. The van der Waals surface area contributed by atoms with Crippen molar-refractivity contribution in [3.05, 3.63) is 29.6 Å². The second kappa shape index (κ2) is 5.49. The first-order valence-electron chi connectivity index (χ1n) is 4.48. The van der Waals surface area contributed by atoms with E-state index >= 15 is 0 Å². The second-order valence-electron chi connectivity index (χ2n) is 2.89. The van der Waals surface area contributed by atoms with E-state index in [1.165, 1.54) is 47.0 Å². The van der Waals surface area contributed by atoms with Crippen LogP contribution in [0.15, 0.2) is 31.8 Å². The maximum absolute atomic E-state index is 12.9. The third-order valence-electron chi connectivity index (χ3n) is 1.82. The highest BCUT2D eigenvalue weighted by atomic mass is 32.2. The maximum Gasteiger partial charge on any atom is 0.179 e. The highest BCUT2D eigenvalue weighted by Crippen LogP contribution is 2.34. The van der Waals surface area contributed by atoms with Gasteiger partial charge in [-0.25, -0.2) is 4.39 Å². The van der Waals surface area contributed by atoms with Crippen molar-refractivity contribution >= 4 is 34.9 Å². The number of rotatable bonds is 3. The van der Waals surface area contributed by atoms with Crippen molar-refractivity contribution in [3.63, 3.8) is 0 Å². The molecule has 7 heteroatoms. The predicted octanol–water partition coefficient (Wildman–Crippen LogP) is 3.42. The number of benzene rings is 1. The van der Waals surface area contributed by atoms with Crippen LogP contribution in [0.3, 0.4) is 0 Å². The highest BCUT2D eigenvalue weighted by molar-refractivity contribution is 8.03. The molecule has 17 heavy (non-hydrogen) atoms. The quantitative estimate of drug-likeness (QED) is 0.808. The zero-order valence-electron chi connectivity index (χ0n) is 8.68. The fraction of sp³-hybridized carbons (Fsp3) is 0.100. The van der Waals surface area contributed by atoms with Crippen LogP contribution in [-0.2, 0) is 0 Å². The maximum atomic E-state index is 12.9. The smallest absolute Gasteiger partial charge is 0.179 e. The van der Waals surface area contributed by atoms with Crippen LogP contribution in [0.2, 0.25) is 0 Å². The molecule has 0 saturated carbocycles. The standard InChI is InChI=1S/C10H6FN3S3/c1-15-9-13-14-10(17-9)16-8-3-2-7(11)4-6(8)5-12/h2-4H,1H3. The van der Waals surface area contributed by atoms with Crippen molar-refractivity contribution in [2.75, 3.05) is 6.26 Å². The number of nitrogens with zero attached hydrogens (tertiary/aromatic N) is 3. The predicted molar refractivity (Wildman–Crippen MR) is 66.9 cm³/mol. The van der Waals surface area contributed by atoms with Crippen LogP contribution in [-0.4, -0.2) is 16.5 Å². The van der Waals surface area contributed by atoms with Gasteiger partial charge in [0.25, 0.3) is 0 Å². The lowest BCUT2D eigenvalue weighted by atomic mass is 10.2. The monoisotopic (exact) mass is 283 g/mol. The zero-order chi connectivity index (χ0) is 12.3. The molecule has 0 bridgehead atoms. The summed E-state index contributed by atoms with van der Waals surface area (Å²) in [5.41, 5.74) is 0.316. The molecule has 0 N–H and O–H groups in total. The van der Waals surface area contributed by atoms with E-state index in [1.54, 1.807) is 6.07 Å². The molecular weight excluding hydrogens is 277 g/mol. The zero-order valence-corrected chi connectivity index (χ0v) is 11.1. The molecule has 2 rings (SSSR count). The Morgan fingerprint density at radius 1 is 1.35 bits per heavy atom. The highest BCUT2D eigenvalue weighted by Gasteiger charge is 2.09. The number of thioether (sulfide) groups is 1. The van der Waals surface area contributed by atoms with Crippen LogP contribution in [0.1, 0.15) is 5.56 Å². The van der Waals surface area contributed by atoms with E-state index < -0.39 is 5.82 Å². The van der Waals surface area contributed by atoms with Crippen molar-refractivity contribution < 1.29 is 4.39 Å². The topological polar surface area (TPSA) is 49.6 Å². The lowest BCUT2D eigenvalue weighted by Gasteiger charge is -1.99. The first-order chi connectivity index (χ1) is 8.22. The Hall–Kier alpha value is -1.10. The van der Waals surface area contributed by atoms with Crippen molar-refractivity contribution in [2.45, 2.75) is 13.6 Å². The van der Waals surface area contributed by atoms with Crippen LogP contribution < -0.4 is 0 Å². The summed E-state index contributed by atoms with van der Waals surface area (Å²) in [6.07, 6.45) is 1.92.